The standard InChI is InChI=1S/C28H27N7O4/c1-38-21-10-9-20-16-22(27(36)29-23(20)17-21)25(26-30-31-32-35(26)18-19-6-3-2-4-7-19)33-11-13-34(14-12-33)28(37)24-8-5-15-39-24/h2-10,15-17,25H,11-14,18H2,1H3,(H,29,36)/t25-/m1/s1. The van der Waals surface area contributed by atoms with Crippen LogP contribution in [-0.2, 0) is 6.54 Å². The Morgan fingerprint density at radius 1 is 1.05 bits per heavy atom. The van der Waals surface area contributed by atoms with E-state index in [4.69, 9.17) is 9.15 Å². The topological polar surface area (TPSA) is 122 Å². The highest BCUT2D eigenvalue weighted by Crippen LogP contribution is 2.29. The predicted molar refractivity (Wildman–Crippen MR) is 143 cm³/mol. The molecule has 0 saturated carbocycles. The third-order valence-electron chi connectivity index (χ3n) is 7.05. The van der Waals surface area contributed by atoms with E-state index in [2.05, 4.69) is 25.4 Å². The van der Waals surface area contributed by atoms with E-state index >= 15 is 0 Å². The summed E-state index contributed by atoms with van der Waals surface area (Å²) >= 11 is 0. The molecular weight excluding hydrogens is 498 g/mol. The first-order valence-electron chi connectivity index (χ1n) is 12.7. The van der Waals surface area contributed by atoms with E-state index in [9.17, 15) is 9.59 Å². The monoisotopic (exact) mass is 525 g/mol. The van der Waals surface area contributed by atoms with Gasteiger partial charge in [0.15, 0.2) is 11.6 Å². The largest absolute Gasteiger partial charge is 0.497 e. The molecule has 4 heterocycles. The number of pyridine rings is 1. The molecule has 3 aromatic heterocycles. The Kier molecular flexibility index (Phi) is 6.64. The van der Waals surface area contributed by atoms with Gasteiger partial charge in [0.1, 0.15) is 11.8 Å². The summed E-state index contributed by atoms with van der Waals surface area (Å²) in [7, 11) is 1.59. The zero-order valence-electron chi connectivity index (χ0n) is 21.4. The molecule has 0 aliphatic carbocycles. The maximum atomic E-state index is 13.5. The first kappa shape index (κ1) is 24.6. The van der Waals surface area contributed by atoms with Crippen LogP contribution in [0.25, 0.3) is 10.9 Å². The number of amides is 1. The average molecular weight is 526 g/mol. The van der Waals surface area contributed by atoms with Crippen molar-refractivity contribution < 1.29 is 13.9 Å². The fourth-order valence-electron chi connectivity index (χ4n) is 5.04. The van der Waals surface area contributed by atoms with Gasteiger partial charge in [-0.1, -0.05) is 30.3 Å². The van der Waals surface area contributed by atoms with Crippen molar-refractivity contribution in [2.75, 3.05) is 33.3 Å². The quantitative estimate of drug-likeness (QED) is 0.344. The number of carbonyl (C=O) groups excluding carboxylic acids is 1. The third-order valence-corrected chi connectivity index (χ3v) is 7.05. The molecule has 1 aliphatic heterocycles. The molecule has 0 radical (unpaired) electrons. The number of nitrogens with one attached hydrogen (secondary N) is 1. The van der Waals surface area contributed by atoms with Crippen molar-refractivity contribution in [1.29, 1.82) is 0 Å². The smallest absolute Gasteiger partial charge is 0.289 e. The predicted octanol–water partition coefficient (Wildman–Crippen LogP) is 2.71. The molecule has 1 aliphatic rings. The van der Waals surface area contributed by atoms with E-state index in [1.54, 1.807) is 34.9 Å². The van der Waals surface area contributed by atoms with Crippen LogP contribution in [0.1, 0.15) is 33.5 Å². The summed E-state index contributed by atoms with van der Waals surface area (Å²) in [6.07, 6.45) is 1.49. The van der Waals surface area contributed by atoms with Gasteiger partial charge in [0.05, 0.1) is 25.4 Å². The van der Waals surface area contributed by atoms with E-state index < -0.39 is 6.04 Å². The van der Waals surface area contributed by atoms with Crippen molar-refractivity contribution >= 4 is 16.8 Å². The van der Waals surface area contributed by atoms with Crippen molar-refractivity contribution in [1.82, 2.24) is 35.0 Å². The SMILES string of the molecule is COc1ccc2cc([C@H](c3nnnn3Cc3ccccc3)N3CCN(C(=O)c4ccco4)CC3)c(=O)[nH]c2c1. The number of H-pyrrole nitrogens is 1. The molecule has 1 atom stereocenters. The Bertz CT molecular complexity index is 1640. The minimum absolute atomic E-state index is 0.150. The van der Waals surface area contributed by atoms with Gasteiger partial charge in [-0.15, -0.1) is 5.10 Å². The number of ether oxygens (including phenoxy) is 1. The van der Waals surface area contributed by atoms with E-state index in [1.165, 1.54) is 6.26 Å². The molecule has 1 saturated heterocycles. The number of methoxy groups -OCH3 is 1. The highest BCUT2D eigenvalue weighted by Gasteiger charge is 2.34. The summed E-state index contributed by atoms with van der Waals surface area (Å²) in [5.41, 5.74) is 2.02. The molecule has 1 N–H and O–H groups in total. The first-order chi connectivity index (χ1) is 19.1. The molecule has 2 aromatic carbocycles. The van der Waals surface area contributed by atoms with Crippen LogP contribution in [-0.4, -0.2) is 74.2 Å². The van der Waals surface area contributed by atoms with E-state index in [0.717, 1.165) is 10.9 Å². The summed E-state index contributed by atoms with van der Waals surface area (Å²) < 4.78 is 12.4. The third kappa shape index (κ3) is 4.91. The number of piperazine rings is 1. The van der Waals surface area contributed by atoms with Crippen LogP contribution < -0.4 is 10.3 Å². The molecule has 6 rings (SSSR count). The van der Waals surface area contributed by atoms with Gasteiger partial charge in [-0.25, -0.2) is 4.68 Å². The zero-order chi connectivity index (χ0) is 26.8. The molecule has 1 fully saturated rings. The molecule has 11 nitrogen and oxygen atoms in total. The second-order valence-corrected chi connectivity index (χ2v) is 9.40. The minimum atomic E-state index is -0.528. The normalized spacial score (nSPS) is 14.9. The minimum Gasteiger partial charge on any atom is -0.497 e. The van der Waals surface area contributed by atoms with E-state index in [1.807, 2.05) is 48.5 Å². The van der Waals surface area contributed by atoms with Crippen molar-refractivity contribution in [2.24, 2.45) is 0 Å². The molecule has 0 bridgehead atoms. The summed E-state index contributed by atoms with van der Waals surface area (Å²) in [6.45, 7) is 2.45. The van der Waals surface area contributed by atoms with Gasteiger partial charge in [0, 0.05) is 37.8 Å². The van der Waals surface area contributed by atoms with Crippen LogP contribution in [0.3, 0.4) is 0 Å². The van der Waals surface area contributed by atoms with Crippen molar-refractivity contribution in [2.45, 2.75) is 12.6 Å². The number of tetrazole rings is 1. The molecule has 0 unspecified atom stereocenters. The number of hydrogen-bond acceptors (Lipinski definition) is 8. The Balaban J connectivity index is 1.37. The summed E-state index contributed by atoms with van der Waals surface area (Å²) in [5.74, 6) is 1.38. The molecule has 1 amide bonds. The summed E-state index contributed by atoms with van der Waals surface area (Å²) in [4.78, 5) is 33.3. The Hall–Kier alpha value is -4.77. The highest BCUT2D eigenvalue weighted by atomic mass is 16.5. The van der Waals surface area contributed by atoms with Crippen LogP contribution in [0.4, 0.5) is 0 Å². The van der Waals surface area contributed by atoms with Gasteiger partial charge in [-0.05, 0) is 51.7 Å². The van der Waals surface area contributed by atoms with Crippen molar-refractivity contribution in [3.63, 3.8) is 0 Å². The Morgan fingerprint density at radius 3 is 2.62 bits per heavy atom. The fourth-order valence-corrected chi connectivity index (χ4v) is 5.04. The zero-order valence-corrected chi connectivity index (χ0v) is 21.4. The van der Waals surface area contributed by atoms with Crippen molar-refractivity contribution in [3.8, 4) is 5.75 Å². The number of nitrogens with zero attached hydrogens (tertiary/aromatic N) is 6. The highest BCUT2D eigenvalue weighted by molar-refractivity contribution is 5.91. The lowest BCUT2D eigenvalue weighted by Crippen LogP contribution is -2.50. The van der Waals surface area contributed by atoms with Gasteiger partial charge >= 0.3 is 0 Å². The van der Waals surface area contributed by atoms with Crippen LogP contribution in [0.2, 0.25) is 0 Å². The second kappa shape index (κ2) is 10.5. The van der Waals surface area contributed by atoms with Gasteiger partial charge in [0.25, 0.3) is 11.5 Å². The Morgan fingerprint density at radius 2 is 1.87 bits per heavy atom. The number of aromatic nitrogens is 5. The molecule has 198 valence electrons. The van der Waals surface area contributed by atoms with Crippen LogP contribution >= 0.6 is 0 Å². The van der Waals surface area contributed by atoms with Crippen LogP contribution in [0.15, 0.2) is 82.2 Å². The van der Waals surface area contributed by atoms with Gasteiger partial charge in [0.2, 0.25) is 0 Å². The second-order valence-electron chi connectivity index (χ2n) is 9.40. The lowest BCUT2D eigenvalue weighted by molar-refractivity contribution is 0.0558. The lowest BCUT2D eigenvalue weighted by Gasteiger charge is -2.38. The van der Waals surface area contributed by atoms with Crippen LogP contribution in [0, 0.1) is 0 Å². The van der Waals surface area contributed by atoms with E-state index in [0.29, 0.717) is 61.1 Å². The molecule has 5 aromatic rings. The van der Waals surface area contributed by atoms with Gasteiger partial charge in [-0.3, -0.25) is 14.5 Å². The number of furan rings is 1. The molecule has 39 heavy (non-hydrogen) atoms. The maximum Gasteiger partial charge on any atom is 0.289 e. The number of hydrogen-bond donors (Lipinski definition) is 1. The molecule has 11 heteroatoms. The van der Waals surface area contributed by atoms with Crippen molar-refractivity contribution in [3.05, 3.63) is 106 Å². The number of aromatic amines is 1. The average Bonchev–Trinajstić information content (AvgIpc) is 3.67. The summed E-state index contributed by atoms with van der Waals surface area (Å²) in [6, 6.07) is 20.2. The lowest BCUT2D eigenvalue weighted by atomic mass is 10.0. The molecule has 0 spiro atoms. The summed E-state index contributed by atoms with van der Waals surface area (Å²) in [5, 5.41) is 13.5. The number of carbonyl (C=O) groups is 1. The fraction of sp³-hybridized carbons (Fsp3) is 0.250. The van der Waals surface area contributed by atoms with Crippen LogP contribution in [0.5, 0.6) is 5.75 Å². The number of rotatable bonds is 7. The number of benzene rings is 2. The molecular formula is C28H27N7O4. The van der Waals surface area contributed by atoms with E-state index in [-0.39, 0.29) is 11.5 Å². The Labute approximate surface area is 223 Å². The van der Waals surface area contributed by atoms with Gasteiger partial charge in [-0.2, -0.15) is 0 Å². The number of fused-ring (bicyclic) bond motifs is 1. The maximum absolute atomic E-state index is 13.5. The van der Waals surface area contributed by atoms with Gasteiger partial charge < -0.3 is 19.0 Å². The first-order valence-corrected chi connectivity index (χ1v) is 12.7.